The van der Waals surface area contributed by atoms with Gasteiger partial charge in [-0.15, -0.1) is 0 Å². The molecule has 2 rings (SSSR count). The van der Waals surface area contributed by atoms with Crippen LogP contribution in [0.5, 0.6) is 0 Å². The number of hydrogen-bond acceptors (Lipinski definition) is 1. The maximum absolute atomic E-state index is 3.60. The molecule has 15 heavy (non-hydrogen) atoms. The molecule has 1 N–H and O–H groups in total. The second-order valence-corrected chi connectivity index (χ2v) is 6.35. The number of piperidine rings is 1. The summed E-state index contributed by atoms with van der Waals surface area (Å²) in [5, 5.41) is 3.60. The molecule has 0 aromatic heterocycles. The Balaban J connectivity index is 2.08. The lowest BCUT2D eigenvalue weighted by atomic mass is 9.58. The van der Waals surface area contributed by atoms with Gasteiger partial charge in [-0.05, 0) is 55.5 Å². The normalized spacial score (nSPS) is 42.4. The topological polar surface area (TPSA) is 12.0 Å². The van der Waals surface area contributed by atoms with E-state index in [-0.39, 0.29) is 0 Å². The van der Waals surface area contributed by atoms with Gasteiger partial charge in [0.15, 0.2) is 0 Å². The van der Waals surface area contributed by atoms with E-state index in [1.165, 1.54) is 45.2 Å². The van der Waals surface area contributed by atoms with E-state index in [1.54, 1.807) is 0 Å². The molecule has 1 heteroatoms. The Morgan fingerprint density at radius 3 is 2.40 bits per heavy atom. The first-order valence-electron chi connectivity index (χ1n) is 6.85. The second kappa shape index (κ2) is 4.45. The molecule has 1 aliphatic carbocycles. The highest BCUT2D eigenvalue weighted by Crippen LogP contribution is 2.50. The van der Waals surface area contributed by atoms with Gasteiger partial charge in [-0.1, -0.05) is 33.6 Å². The molecule has 1 atom stereocenters. The zero-order valence-corrected chi connectivity index (χ0v) is 10.7. The summed E-state index contributed by atoms with van der Waals surface area (Å²) in [5.74, 6) is 2.77. The summed E-state index contributed by atoms with van der Waals surface area (Å²) in [5.41, 5.74) is 0.714. The average Bonchev–Trinajstić information content (AvgIpc) is 2.23. The van der Waals surface area contributed by atoms with E-state index in [9.17, 15) is 0 Å². The molecule has 88 valence electrons. The highest BCUT2D eigenvalue weighted by Gasteiger charge is 2.43. The minimum atomic E-state index is 0.714. The van der Waals surface area contributed by atoms with Crippen molar-refractivity contribution in [2.45, 2.75) is 52.9 Å². The van der Waals surface area contributed by atoms with Crippen molar-refractivity contribution in [1.82, 2.24) is 5.32 Å². The number of rotatable bonds is 1. The van der Waals surface area contributed by atoms with Crippen molar-refractivity contribution >= 4 is 0 Å². The third-order valence-corrected chi connectivity index (χ3v) is 5.03. The van der Waals surface area contributed by atoms with Crippen molar-refractivity contribution in [1.29, 1.82) is 0 Å². The van der Waals surface area contributed by atoms with E-state index in [4.69, 9.17) is 0 Å². The molecule has 0 aromatic rings. The lowest BCUT2D eigenvalue weighted by Gasteiger charge is -2.50. The molecule has 1 saturated carbocycles. The molecule has 1 saturated heterocycles. The van der Waals surface area contributed by atoms with Crippen LogP contribution < -0.4 is 5.32 Å². The lowest BCUT2D eigenvalue weighted by molar-refractivity contribution is 0.0184. The van der Waals surface area contributed by atoms with Crippen molar-refractivity contribution in [2.24, 2.45) is 23.2 Å². The summed E-state index contributed by atoms with van der Waals surface area (Å²) in [6.07, 6.45) is 7.38. The zero-order chi connectivity index (χ0) is 10.9. The van der Waals surface area contributed by atoms with Crippen LogP contribution in [0.1, 0.15) is 52.9 Å². The molecule has 2 aliphatic rings. The fourth-order valence-electron chi connectivity index (χ4n) is 3.90. The van der Waals surface area contributed by atoms with Crippen LogP contribution in [-0.4, -0.2) is 13.1 Å². The standard InChI is InChI=1S/C14H27N/c1-11(2)13-10-15-9-8-14(13)6-4-12(3)5-7-14/h11-13,15H,4-10H2,1-3H3. The van der Waals surface area contributed by atoms with Gasteiger partial charge in [0.2, 0.25) is 0 Å². The van der Waals surface area contributed by atoms with E-state index < -0.39 is 0 Å². The Hall–Kier alpha value is -0.0400. The largest absolute Gasteiger partial charge is 0.316 e. The quantitative estimate of drug-likeness (QED) is 0.697. The Morgan fingerprint density at radius 2 is 1.80 bits per heavy atom. The van der Waals surface area contributed by atoms with Gasteiger partial charge in [-0.2, -0.15) is 0 Å². The van der Waals surface area contributed by atoms with Crippen molar-refractivity contribution in [2.75, 3.05) is 13.1 Å². The smallest absolute Gasteiger partial charge is 0.00127 e. The first kappa shape index (κ1) is 11.4. The van der Waals surface area contributed by atoms with Crippen LogP contribution >= 0.6 is 0 Å². The molecule has 1 aliphatic heterocycles. The van der Waals surface area contributed by atoms with Crippen LogP contribution in [0.4, 0.5) is 0 Å². The van der Waals surface area contributed by atoms with Crippen LogP contribution in [0, 0.1) is 23.2 Å². The molecule has 0 radical (unpaired) electrons. The third kappa shape index (κ3) is 2.22. The molecule has 0 amide bonds. The van der Waals surface area contributed by atoms with Crippen LogP contribution in [0.3, 0.4) is 0 Å². The SMILES string of the molecule is CC1CCC2(CCNCC2C(C)C)CC1. The fraction of sp³-hybridized carbons (Fsp3) is 1.00. The Kier molecular flexibility index (Phi) is 3.39. The number of hydrogen-bond donors (Lipinski definition) is 1. The fourth-order valence-corrected chi connectivity index (χ4v) is 3.90. The molecule has 1 unspecified atom stereocenters. The highest BCUT2D eigenvalue weighted by molar-refractivity contribution is 4.95. The highest BCUT2D eigenvalue weighted by atomic mass is 14.9. The Morgan fingerprint density at radius 1 is 1.13 bits per heavy atom. The molecule has 0 bridgehead atoms. The van der Waals surface area contributed by atoms with Crippen LogP contribution in [0.15, 0.2) is 0 Å². The summed E-state index contributed by atoms with van der Waals surface area (Å²) in [7, 11) is 0. The predicted octanol–water partition coefficient (Wildman–Crippen LogP) is 3.45. The van der Waals surface area contributed by atoms with Gasteiger partial charge in [0.05, 0.1) is 0 Å². The molecule has 1 spiro atoms. The minimum Gasteiger partial charge on any atom is -0.316 e. The van der Waals surface area contributed by atoms with Gasteiger partial charge >= 0.3 is 0 Å². The van der Waals surface area contributed by atoms with Crippen molar-refractivity contribution < 1.29 is 0 Å². The van der Waals surface area contributed by atoms with Gasteiger partial charge < -0.3 is 5.32 Å². The summed E-state index contributed by atoms with van der Waals surface area (Å²) in [6, 6.07) is 0. The first-order chi connectivity index (χ1) is 7.14. The van der Waals surface area contributed by atoms with Gasteiger partial charge in [-0.3, -0.25) is 0 Å². The zero-order valence-electron chi connectivity index (χ0n) is 10.7. The molecular formula is C14H27N. The van der Waals surface area contributed by atoms with Crippen LogP contribution in [0.2, 0.25) is 0 Å². The van der Waals surface area contributed by atoms with Crippen molar-refractivity contribution in [3.63, 3.8) is 0 Å². The van der Waals surface area contributed by atoms with Gasteiger partial charge in [0, 0.05) is 0 Å². The molecule has 1 nitrogen and oxygen atoms in total. The molecule has 2 fully saturated rings. The lowest BCUT2D eigenvalue weighted by Crippen LogP contribution is -2.48. The van der Waals surface area contributed by atoms with E-state index in [1.807, 2.05) is 0 Å². The summed E-state index contributed by atoms with van der Waals surface area (Å²) < 4.78 is 0. The predicted molar refractivity (Wildman–Crippen MR) is 65.9 cm³/mol. The van der Waals surface area contributed by atoms with Gasteiger partial charge in [0.25, 0.3) is 0 Å². The third-order valence-electron chi connectivity index (χ3n) is 5.03. The first-order valence-corrected chi connectivity index (χ1v) is 6.85. The minimum absolute atomic E-state index is 0.714. The monoisotopic (exact) mass is 209 g/mol. The second-order valence-electron chi connectivity index (χ2n) is 6.35. The summed E-state index contributed by atoms with van der Waals surface area (Å²) >= 11 is 0. The Bertz CT molecular complexity index is 201. The van der Waals surface area contributed by atoms with E-state index in [2.05, 4.69) is 26.1 Å². The van der Waals surface area contributed by atoms with Crippen LogP contribution in [-0.2, 0) is 0 Å². The van der Waals surface area contributed by atoms with Crippen molar-refractivity contribution in [3.05, 3.63) is 0 Å². The average molecular weight is 209 g/mol. The van der Waals surface area contributed by atoms with Crippen molar-refractivity contribution in [3.8, 4) is 0 Å². The van der Waals surface area contributed by atoms with E-state index in [0.717, 1.165) is 17.8 Å². The molecule has 1 heterocycles. The number of nitrogens with one attached hydrogen (secondary N) is 1. The Labute approximate surface area is 95.0 Å². The van der Waals surface area contributed by atoms with Crippen LogP contribution in [0.25, 0.3) is 0 Å². The maximum Gasteiger partial charge on any atom is -0.00127 e. The van der Waals surface area contributed by atoms with E-state index in [0.29, 0.717) is 5.41 Å². The molecule has 0 aromatic carbocycles. The maximum atomic E-state index is 3.60. The summed E-state index contributed by atoms with van der Waals surface area (Å²) in [6.45, 7) is 9.79. The molecular weight excluding hydrogens is 182 g/mol. The summed E-state index contributed by atoms with van der Waals surface area (Å²) in [4.78, 5) is 0. The van der Waals surface area contributed by atoms with Gasteiger partial charge in [0.1, 0.15) is 0 Å². The van der Waals surface area contributed by atoms with Gasteiger partial charge in [-0.25, -0.2) is 0 Å². The van der Waals surface area contributed by atoms with E-state index >= 15 is 0 Å².